The minimum absolute atomic E-state index is 0.113. The van der Waals surface area contributed by atoms with Crippen molar-refractivity contribution in [3.05, 3.63) is 24.3 Å². The first-order valence-electron chi connectivity index (χ1n) is 10.8. The van der Waals surface area contributed by atoms with Crippen molar-refractivity contribution in [2.45, 2.75) is 45.1 Å². The zero-order chi connectivity index (χ0) is 18.8. The van der Waals surface area contributed by atoms with Crippen LogP contribution >= 0.6 is 0 Å². The van der Waals surface area contributed by atoms with Gasteiger partial charge in [0, 0.05) is 57.2 Å². The number of urea groups is 1. The average Bonchev–Trinajstić information content (AvgIpc) is 3.30. The van der Waals surface area contributed by atoms with E-state index >= 15 is 0 Å². The lowest BCUT2D eigenvalue weighted by atomic mass is 10.0. The molecule has 1 atom stereocenters. The number of nitrogens with zero attached hydrogens (tertiary/aromatic N) is 4. The molecule has 0 N–H and O–H groups in total. The summed E-state index contributed by atoms with van der Waals surface area (Å²) < 4.78 is 0. The molecule has 5 nitrogen and oxygen atoms in total. The fourth-order valence-corrected chi connectivity index (χ4v) is 5.07. The van der Waals surface area contributed by atoms with E-state index in [9.17, 15) is 4.79 Å². The molecule has 0 saturated carbocycles. The van der Waals surface area contributed by atoms with Gasteiger partial charge in [-0.2, -0.15) is 0 Å². The molecule has 0 radical (unpaired) electrons. The van der Waals surface area contributed by atoms with Crippen molar-refractivity contribution in [3.8, 4) is 0 Å². The summed E-state index contributed by atoms with van der Waals surface area (Å²) in [6, 6.07) is 9.43. The predicted octanol–water partition coefficient (Wildman–Crippen LogP) is 3.65. The van der Waals surface area contributed by atoms with Crippen LogP contribution in [0.5, 0.6) is 0 Å². The van der Waals surface area contributed by atoms with E-state index in [2.05, 4.69) is 41.0 Å². The normalized spacial score (nSPS) is 25.0. The van der Waals surface area contributed by atoms with E-state index in [0.29, 0.717) is 0 Å². The van der Waals surface area contributed by atoms with Crippen LogP contribution in [0.25, 0.3) is 0 Å². The molecule has 3 saturated heterocycles. The summed E-state index contributed by atoms with van der Waals surface area (Å²) in [6.07, 6.45) is 6.63. The Hall–Kier alpha value is -1.75. The zero-order valence-corrected chi connectivity index (χ0v) is 16.9. The fraction of sp³-hybridized carbons (Fsp3) is 0.682. The van der Waals surface area contributed by atoms with Gasteiger partial charge in [-0.1, -0.05) is 19.4 Å². The first-order valence-corrected chi connectivity index (χ1v) is 10.8. The molecule has 27 heavy (non-hydrogen) atoms. The molecule has 0 spiro atoms. The lowest BCUT2D eigenvalue weighted by Crippen LogP contribution is -2.44. The molecule has 2 amide bonds. The highest BCUT2D eigenvalue weighted by atomic mass is 16.2. The SMILES string of the molecule is CCC[C@@H]1CCN(C2CCN(c3cccc(N4CCN(C)C4=O)c3)CC2)C1. The lowest BCUT2D eigenvalue weighted by molar-refractivity contribution is 0.199. The van der Waals surface area contributed by atoms with Gasteiger partial charge in [0.25, 0.3) is 0 Å². The van der Waals surface area contributed by atoms with Gasteiger partial charge in [-0.25, -0.2) is 4.79 Å². The standard InChI is InChI=1S/C22H34N4O/c1-3-5-18-8-11-25(17-18)19-9-12-24(13-10-19)20-6-4-7-21(16-20)26-15-14-23(2)22(26)27/h4,6-7,16,18-19H,3,5,8-15,17H2,1-2H3/t18-/m1/s1. The smallest absolute Gasteiger partial charge is 0.324 e. The van der Waals surface area contributed by atoms with Gasteiger partial charge in [0.15, 0.2) is 0 Å². The number of carbonyl (C=O) groups is 1. The van der Waals surface area contributed by atoms with Crippen LogP contribution in [0.1, 0.15) is 39.0 Å². The number of likely N-dealkylation sites (N-methyl/N-ethyl adjacent to an activating group) is 1. The van der Waals surface area contributed by atoms with E-state index in [1.165, 1.54) is 50.9 Å². The fourth-order valence-electron chi connectivity index (χ4n) is 5.07. The molecule has 0 aliphatic carbocycles. The van der Waals surface area contributed by atoms with Crippen LogP contribution in [0.4, 0.5) is 16.2 Å². The number of carbonyl (C=O) groups excluding carboxylic acids is 1. The highest BCUT2D eigenvalue weighted by Crippen LogP contribution is 2.30. The van der Waals surface area contributed by atoms with E-state index in [0.717, 1.165) is 43.8 Å². The molecule has 4 rings (SSSR count). The third kappa shape index (κ3) is 3.93. The van der Waals surface area contributed by atoms with Crippen LogP contribution in [0.2, 0.25) is 0 Å². The van der Waals surface area contributed by atoms with Gasteiger partial charge in [0.2, 0.25) is 0 Å². The molecule has 3 aliphatic heterocycles. The van der Waals surface area contributed by atoms with E-state index in [1.54, 1.807) is 4.90 Å². The van der Waals surface area contributed by atoms with E-state index < -0.39 is 0 Å². The van der Waals surface area contributed by atoms with Gasteiger partial charge >= 0.3 is 6.03 Å². The number of likely N-dealkylation sites (tertiary alicyclic amines) is 1. The lowest BCUT2D eigenvalue weighted by Gasteiger charge is -2.38. The maximum atomic E-state index is 12.3. The Bertz CT molecular complexity index is 655. The van der Waals surface area contributed by atoms with Crippen molar-refractivity contribution in [1.29, 1.82) is 0 Å². The summed E-state index contributed by atoms with van der Waals surface area (Å²) in [6.45, 7) is 8.77. The Morgan fingerprint density at radius 1 is 1.00 bits per heavy atom. The second-order valence-corrected chi connectivity index (χ2v) is 8.53. The van der Waals surface area contributed by atoms with Crippen LogP contribution in [0.15, 0.2) is 24.3 Å². The monoisotopic (exact) mass is 370 g/mol. The van der Waals surface area contributed by atoms with Crippen molar-refractivity contribution in [2.75, 3.05) is 56.1 Å². The maximum Gasteiger partial charge on any atom is 0.324 e. The molecule has 148 valence electrons. The minimum atomic E-state index is 0.113. The highest BCUT2D eigenvalue weighted by Gasteiger charge is 2.31. The van der Waals surface area contributed by atoms with Crippen molar-refractivity contribution in [3.63, 3.8) is 0 Å². The number of piperidine rings is 1. The Balaban J connectivity index is 1.35. The van der Waals surface area contributed by atoms with E-state index in [4.69, 9.17) is 0 Å². The van der Waals surface area contributed by atoms with Crippen LogP contribution in [-0.4, -0.2) is 68.2 Å². The molecule has 0 bridgehead atoms. The number of anilines is 2. The van der Waals surface area contributed by atoms with Gasteiger partial charge < -0.3 is 9.80 Å². The summed E-state index contributed by atoms with van der Waals surface area (Å²) in [5, 5.41) is 0. The number of amides is 2. The van der Waals surface area contributed by atoms with Gasteiger partial charge in [0.05, 0.1) is 0 Å². The molecule has 3 heterocycles. The molecule has 1 aromatic rings. The van der Waals surface area contributed by atoms with Crippen molar-refractivity contribution in [1.82, 2.24) is 9.80 Å². The van der Waals surface area contributed by atoms with Gasteiger partial charge in [-0.3, -0.25) is 9.80 Å². The molecule has 0 aromatic heterocycles. The second-order valence-electron chi connectivity index (χ2n) is 8.53. The number of rotatable bonds is 5. The largest absolute Gasteiger partial charge is 0.371 e. The molecule has 1 aromatic carbocycles. The molecule has 3 aliphatic rings. The first kappa shape index (κ1) is 18.6. The summed E-state index contributed by atoms with van der Waals surface area (Å²) in [7, 11) is 1.88. The maximum absolute atomic E-state index is 12.3. The van der Waals surface area contributed by atoms with Gasteiger partial charge in [-0.15, -0.1) is 0 Å². The van der Waals surface area contributed by atoms with Crippen LogP contribution in [0, 0.1) is 5.92 Å². The summed E-state index contributed by atoms with van der Waals surface area (Å²) >= 11 is 0. The third-order valence-electron chi connectivity index (χ3n) is 6.72. The van der Waals surface area contributed by atoms with Crippen molar-refractivity contribution < 1.29 is 4.79 Å². The zero-order valence-electron chi connectivity index (χ0n) is 16.9. The third-order valence-corrected chi connectivity index (χ3v) is 6.72. The quantitative estimate of drug-likeness (QED) is 0.792. The summed E-state index contributed by atoms with van der Waals surface area (Å²) in [5.74, 6) is 0.931. The van der Waals surface area contributed by atoms with Gasteiger partial charge in [-0.05, 0) is 56.3 Å². The predicted molar refractivity (Wildman–Crippen MR) is 112 cm³/mol. The summed E-state index contributed by atoms with van der Waals surface area (Å²) in [5.41, 5.74) is 2.30. The van der Waals surface area contributed by atoms with E-state index in [-0.39, 0.29) is 6.03 Å². The average molecular weight is 371 g/mol. The topological polar surface area (TPSA) is 30.0 Å². The molecule has 5 heteroatoms. The Kier molecular flexibility index (Phi) is 5.58. The number of hydrogen-bond donors (Lipinski definition) is 0. The van der Waals surface area contributed by atoms with Crippen molar-refractivity contribution in [2.24, 2.45) is 5.92 Å². The second kappa shape index (κ2) is 8.09. The number of benzene rings is 1. The number of hydrogen-bond acceptors (Lipinski definition) is 3. The molecule has 3 fully saturated rings. The van der Waals surface area contributed by atoms with Crippen molar-refractivity contribution >= 4 is 17.4 Å². The van der Waals surface area contributed by atoms with Crippen LogP contribution < -0.4 is 9.80 Å². The molecular formula is C22H34N4O. The summed E-state index contributed by atoms with van der Waals surface area (Å²) in [4.78, 5) is 21.2. The van der Waals surface area contributed by atoms with Gasteiger partial charge in [0.1, 0.15) is 0 Å². The highest BCUT2D eigenvalue weighted by molar-refractivity contribution is 5.94. The van der Waals surface area contributed by atoms with Crippen LogP contribution in [-0.2, 0) is 0 Å². The van der Waals surface area contributed by atoms with Crippen LogP contribution in [0.3, 0.4) is 0 Å². The first-order chi connectivity index (χ1) is 13.2. The molecule has 0 unspecified atom stereocenters. The Morgan fingerprint density at radius 2 is 1.78 bits per heavy atom. The Labute approximate surface area is 163 Å². The minimum Gasteiger partial charge on any atom is -0.371 e. The molecular weight excluding hydrogens is 336 g/mol. The van der Waals surface area contributed by atoms with E-state index in [1.807, 2.05) is 11.9 Å². The Morgan fingerprint density at radius 3 is 2.48 bits per heavy atom.